The van der Waals surface area contributed by atoms with Crippen molar-refractivity contribution in [3.8, 4) is 11.5 Å². The predicted molar refractivity (Wildman–Crippen MR) is 67.7 cm³/mol. The third-order valence-corrected chi connectivity index (χ3v) is 3.39. The van der Waals surface area contributed by atoms with Gasteiger partial charge in [0.05, 0.1) is 12.7 Å². The van der Waals surface area contributed by atoms with Gasteiger partial charge >= 0.3 is 0 Å². The van der Waals surface area contributed by atoms with E-state index in [1.54, 1.807) is 17.0 Å². The van der Waals surface area contributed by atoms with Crippen molar-refractivity contribution in [2.24, 2.45) is 11.7 Å². The summed E-state index contributed by atoms with van der Waals surface area (Å²) in [5.74, 6) is 0.562. The lowest BCUT2D eigenvalue weighted by atomic mass is 10.1. The summed E-state index contributed by atoms with van der Waals surface area (Å²) in [7, 11) is 1.51. The number of hydrogen-bond donors (Lipinski definition) is 2. The highest BCUT2D eigenvalue weighted by atomic mass is 16.5. The molecule has 1 fully saturated rings. The summed E-state index contributed by atoms with van der Waals surface area (Å²) in [6, 6.07) is 4.68. The number of phenols is 1. The molecule has 2 rings (SSSR count). The first kappa shape index (κ1) is 12.7. The highest BCUT2D eigenvalue weighted by Crippen LogP contribution is 2.26. The van der Waals surface area contributed by atoms with Crippen LogP contribution in [0.15, 0.2) is 18.2 Å². The second kappa shape index (κ2) is 4.86. The summed E-state index contributed by atoms with van der Waals surface area (Å²) in [6.07, 6.45) is 0. The summed E-state index contributed by atoms with van der Waals surface area (Å²) in [5.41, 5.74) is 6.18. The van der Waals surface area contributed by atoms with Crippen LogP contribution in [0.3, 0.4) is 0 Å². The number of amides is 1. The first-order valence-corrected chi connectivity index (χ1v) is 5.94. The molecule has 3 N–H and O–H groups in total. The summed E-state index contributed by atoms with van der Waals surface area (Å²) < 4.78 is 4.98. The first-order chi connectivity index (χ1) is 8.52. The fourth-order valence-electron chi connectivity index (χ4n) is 2.15. The Kier molecular flexibility index (Phi) is 3.43. The average Bonchev–Trinajstić information content (AvgIpc) is 2.68. The van der Waals surface area contributed by atoms with Crippen molar-refractivity contribution in [1.29, 1.82) is 0 Å². The van der Waals surface area contributed by atoms with Crippen LogP contribution in [-0.4, -0.2) is 42.2 Å². The molecule has 1 heterocycles. The highest BCUT2D eigenvalue weighted by molar-refractivity contribution is 5.97. The average molecular weight is 250 g/mol. The molecule has 0 saturated carbocycles. The Balaban J connectivity index is 2.19. The van der Waals surface area contributed by atoms with E-state index in [4.69, 9.17) is 10.5 Å². The van der Waals surface area contributed by atoms with E-state index in [-0.39, 0.29) is 29.2 Å². The fraction of sp³-hybridized carbons (Fsp3) is 0.462. The van der Waals surface area contributed by atoms with Crippen molar-refractivity contribution in [2.45, 2.75) is 13.0 Å². The van der Waals surface area contributed by atoms with E-state index < -0.39 is 0 Å². The Morgan fingerprint density at radius 1 is 1.50 bits per heavy atom. The van der Waals surface area contributed by atoms with Crippen LogP contribution in [-0.2, 0) is 0 Å². The normalized spacial score (nSPS) is 23.2. The van der Waals surface area contributed by atoms with Crippen molar-refractivity contribution in [3.63, 3.8) is 0 Å². The monoisotopic (exact) mass is 250 g/mol. The predicted octanol–water partition coefficient (Wildman–Crippen LogP) is 0.820. The number of carbonyl (C=O) groups excluding carboxylic acids is 1. The van der Waals surface area contributed by atoms with Crippen LogP contribution >= 0.6 is 0 Å². The van der Waals surface area contributed by atoms with E-state index in [0.29, 0.717) is 18.8 Å². The van der Waals surface area contributed by atoms with Gasteiger partial charge in [0.2, 0.25) is 0 Å². The number of hydrogen-bond acceptors (Lipinski definition) is 4. The standard InChI is InChI=1S/C13H18N2O3/c1-8-6-15(7-11(8)14)13(17)10-4-3-9(18-2)5-12(10)16/h3-5,8,11,16H,6-7,14H2,1-2H3. The molecule has 1 amide bonds. The second-order valence-electron chi connectivity index (χ2n) is 4.73. The first-order valence-electron chi connectivity index (χ1n) is 5.94. The molecule has 1 aromatic carbocycles. The molecule has 0 aromatic heterocycles. The summed E-state index contributed by atoms with van der Waals surface area (Å²) in [5, 5.41) is 9.83. The van der Waals surface area contributed by atoms with Crippen molar-refractivity contribution in [3.05, 3.63) is 23.8 Å². The number of methoxy groups -OCH3 is 1. The van der Waals surface area contributed by atoms with Crippen LogP contribution in [0.25, 0.3) is 0 Å². The second-order valence-corrected chi connectivity index (χ2v) is 4.73. The SMILES string of the molecule is COc1ccc(C(=O)N2CC(C)C(N)C2)c(O)c1. The maximum absolute atomic E-state index is 12.2. The van der Waals surface area contributed by atoms with E-state index in [1.165, 1.54) is 13.2 Å². The Hall–Kier alpha value is -1.75. The molecule has 0 bridgehead atoms. The molecule has 1 aliphatic heterocycles. The Bertz CT molecular complexity index is 452. The molecule has 98 valence electrons. The number of carbonyl (C=O) groups is 1. The molecule has 5 nitrogen and oxygen atoms in total. The van der Waals surface area contributed by atoms with Gasteiger partial charge in [-0.1, -0.05) is 6.92 Å². The van der Waals surface area contributed by atoms with Crippen LogP contribution in [0, 0.1) is 5.92 Å². The number of rotatable bonds is 2. The largest absolute Gasteiger partial charge is 0.507 e. The maximum atomic E-state index is 12.2. The van der Waals surface area contributed by atoms with Gasteiger partial charge in [0, 0.05) is 25.2 Å². The van der Waals surface area contributed by atoms with Gasteiger partial charge in [0.1, 0.15) is 11.5 Å². The van der Waals surface area contributed by atoms with Gasteiger partial charge < -0.3 is 20.5 Å². The topological polar surface area (TPSA) is 75.8 Å². The molecule has 18 heavy (non-hydrogen) atoms. The molecule has 0 spiro atoms. The number of benzene rings is 1. The zero-order chi connectivity index (χ0) is 13.3. The minimum atomic E-state index is -0.185. The van der Waals surface area contributed by atoms with Gasteiger partial charge in [-0.15, -0.1) is 0 Å². The van der Waals surface area contributed by atoms with Crippen LogP contribution in [0.4, 0.5) is 0 Å². The van der Waals surface area contributed by atoms with Crippen molar-refractivity contribution in [2.75, 3.05) is 20.2 Å². The van der Waals surface area contributed by atoms with Crippen molar-refractivity contribution >= 4 is 5.91 Å². The number of nitrogens with zero attached hydrogens (tertiary/aromatic N) is 1. The third-order valence-electron chi connectivity index (χ3n) is 3.39. The summed E-state index contributed by atoms with van der Waals surface area (Å²) in [4.78, 5) is 13.9. The molecule has 1 saturated heterocycles. The van der Waals surface area contributed by atoms with E-state index in [2.05, 4.69) is 0 Å². The van der Waals surface area contributed by atoms with Crippen LogP contribution in [0.5, 0.6) is 11.5 Å². The van der Waals surface area contributed by atoms with Crippen molar-refractivity contribution in [1.82, 2.24) is 4.90 Å². The minimum absolute atomic E-state index is 0.00865. The summed E-state index contributed by atoms with van der Waals surface area (Å²) >= 11 is 0. The fourth-order valence-corrected chi connectivity index (χ4v) is 2.15. The lowest BCUT2D eigenvalue weighted by molar-refractivity contribution is 0.0784. The molecule has 2 unspecified atom stereocenters. The van der Waals surface area contributed by atoms with Gasteiger partial charge in [-0.25, -0.2) is 0 Å². The van der Waals surface area contributed by atoms with Crippen molar-refractivity contribution < 1.29 is 14.6 Å². The van der Waals surface area contributed by atoms with Crippen LogP contribution in [0.1, 0.15) is 17.3 Å². The molecule has 5 heteroatoms. The maximum Gasteiger partial charge on any atom is 0.257 e. The Morgan fingerprint density at radius 2 is 2.22 bits per heavy atom. The van der Waals surface area contributed by atoms with E-state index >= 15 is 0 Å². The number of ether oxygens (including phenoxy) is 1. The zero-order valence-electron chi connectivity index (χ0n) is 10.6. The smallest absolute Gasteiger partial charge is 0.257 e. The van der Waals surface area contributed by atoms with Crippen LogP contribution < -0.4 is 10.5 Å². The molecule has 1 aliphatic rings. The van der Waals surface area contributed by atoms with Gasteiger partial charge in [-0.3, -0.25) is 4.79 Å². The van der Waals surface area contributed by atoms with E-state index in [1.807, 2.05) is 6.92 Å². The minimum Gasteiger partial charge on any atom is -0.507 e. The van der Waals surface area contributed by atoms with Gasteiger partial charge in [0.15, 0.2) is 0 Å². The Morgan fingerprint density at radius 3 is 2.72 bits per heavy atom. The number of nitrogens with two attached hydrogens (primary N) is 1. The lowest BCUT2D eigenvalue weighted by Gasteiger charge is -2.16. The van der Waals surface area contributed by atoms with Crippen LogP contribution in [0.2, 0.25) is 0 Å². The lowest BCUT2D eigenvalue weighted by Crippen LogP contribution is -2.32. The molecule has 0 radical (unpaired) electrons. The van der Waals surface area contributed by atoms with E-state index in [9.17, 15) is 9.90 Å². The third kappa shape index (κ3) is 2.26. The summed E-state index contributed by atoms with van der Waals surface area (Å²) in [6.45, 7) is 3.18. The van der Waals surface area contributed by atoms with Gasteiger partial charge in [-0.05, 0) is 18.1 Å². The molecular formula is C13H18N2O3. The van der Waals surface area contributed by atoms with E-state index in [0.717, 1.165) is 0 Å². The molecule has 2 atom stereocenters. The van der Waals surface area contributed by atoms with Gasteiger partial charge in [0.25, 0.3) is 5.91 Å². The number of likely N-dealkylation sites (tertiary alicyclic amines) is 1. The number of aromatic hydroxyl groups is 1. The zero-order valence-corrected chi connectivity index (χ0v) is 10.6. The Labute approximate surface area is 106 Å². The molecule has 1 aromatic rings. The highest BCUT2D eigenvalue weighted by Gasteiger charge is 2.31. The number of phenolic OH excluding ortho intramolecular Hbond substituents is 1. The quantitative estimate of drug-likeness (QED) is 0.814. The van der Waals surface area contributed by atoms with Gasteiger partial charge in [-0.2, -0.15) is 0 Å². The molecular weight excluding hydrogens is 232 g/mol. The molecule has 0 aliphatic carbocycles.